The molecule has 1 atom stereocenters. The summed E-state index contributed by atoms with van der Waals surface area (Å²) in [7, 11) is 2.02. The zero-order valence-corrected chi connectivity index (χ0v) is 7.95. The highest BCUT2D eigenvalue weighted by Gasteiger charge is 2.22. The van der Waals surface area contributed by atoms with Crippen LogP contribution in [0, 0.1) is 5.92 Å². The zero-order chi connectivity index (χ0) is 9.84. The number of nitrogens with one attached hydrogen (secondary N) is 1. The molecule has 0 aromatic rings. The quantitative estimate of drug-likeness (QED) is 0.587. The van der Waals surface area contributed by atoms with E-state index < -0.39 is 5.97 Å². The predicted octanol–water partition coefficient (Wildman–Crippen LogP) is -0.402. The van der Waals surface area contributed by atoms with Crippen LogP contribution in [0.4, 0.5) is 0 Å². The Hall–Kier alpha value is -1.10. The standard InChI is InChI=1S/C8H15N3O2/c1-6-4-11(2)5-7(6)10-9-3-8(12)13/h6,9H,3-5H2,1-2H3,(H,12,13)/b10-7+. The van der Waals surface area contributed by atoms with E-state index in [4.69, 9.17) is 5.11 Å². The summed E-state index contributed by atoms with van der Waals surface area (Å²) >= 11 is 0. The van der Waals surface area contributed by atoms with Crippen LogP contribution in [0.2, 0.25) is 0 Å². The minimum atomic E-state index is -0.886. The molecule has 0 spiro atoms. The Kier molecular flexibility index (Phi) is 3.25. The van der Waals surface area contributed by atoms with Crippen molar-refractivity contribution in [2.75, 3.05) is 26.7 Å². The number of hydrogen-bond acceptors (Lipinski definition) is 4. The molecule has 1 fully saturated rings. The van der Waals surface area contributed by atoms with Crippen LogP contribution in [-0.4, -0.2) is 48.4 Å². The Bertz CT molecular complexity index is 227. The molecule has 1 heterocycles. The van der Waals surface area contributed by atoms with Crippen LogP contribution >= 0.6 is 0 Å². The van der Waals surface area contributed by atoms with Crippen LogP contribution < -0.4 is 5.43 Å². The van der Waals surface area contributed by atoms with E-state index in [1.54, 1.807) is 0 Å². The van der Waals surface area contributed by atoms with Gasteiger partial charge in [0.1, 0.15) is 6.54 Å². The van der Waals surface area contributed by atoms with Crippen LogP contribution in [-0.2, 0) is 4.79 Å². The summed E-state index contributed by atoms with van der Waals surface area (Å²) in [6.45, 7) is 3.80. The van der Waals surface area contributed by atoms with Crippen molar-refractivity contribution in [1.29, 1.82) is 0 Å². The van der Waals surface area contributed by atoms with E-state index in [1.807, 2.05) is 7.05 Å². The summed E-state index contributed by atoms with van der Waals surface area (Å²) in [5.74, 6) is -0.463. The van der Waals surface area contributed by atoms with Crippen LogP contribution in [0.3, 0.4) is 0 Å². The summed E-state index contributed by atoms with van der Waals surface area (Å²) in [6, 6.07) is 0. The van der Waals surface area contributed by atoms with Gasteiger partial charge >= 0.3 is 5.97 Å². The number of nitrogens with zero attached hydrogens (tertiary/aromatic N) is 2. The van der Waals surface area contributed by atoms with Gasteiger partial charge in [0.05, 0.1) is 5.71 Å². The minimum absolute atomic E-state index is 0.111. The fourth-order valence-corrected chi connectivity index (χ4v) is 1.42. The summed E-state index contributed by atoms with van der Waals surface area (Å²) in [5.41, 5.74) is 3.57. The van der Waals surface area contributed by atoms with Gasteiger partial charge in [0.2, 0.25) is 0 Å². The molecule has 0 bridgehead atoms. The van der Waals surface area contributed by atoms with Gasteiger partial charge in [-0.25, -0.2) is 0 Å². The molecule has 0 amide bonds. The zero-order valence-electron chi connectivity index (χ0n) is 7.95. The van der Waals surface area contributed by atoms with Gasteiger partial charge in [0, 0.05) is 19.0 Å². The van der Waals surface area contributed by atoms with Gasteiger partial charge in [-0.3, -0.25) is 10.2 Å². The highest BCUT2D eigenvalue weighted by Crippen LogP contribution is 2.10. The second-order valence-electron chi connectivity index (χ2n) is 3.43. The van der Waals surface area contributed by atoms with E-state index in [0.29, 0.717) is 5.92 Å². The second-order valence-corrected chi connectivity index (χ2v) is 3.43. The normalized spacial score (nSPS) is 26.6. The Morgan fingerprint density at radius 3 is 3.00 bits per heavy atom. The highest BCUT2D eigenvalue weighted by molar-refractivity contribution is 5.90. The van der Waals surface area contributed by atoms with Gasteiger partial charge in [-0.15, -0.1) is 0 Å². The number of rotatable bonds is 3. The molecular formula is C8H15N3O2. The third-order valence-corrected chi connectivity index (χ3v) is 2.04. The van der Waals surface area contributed by atoms with Crippen molar-refractivity contribution in [2.45, 2.75) is 6.92 Å². The van der Waals surface area contributed by atoms with E-state index in [-0.39, 0.29) is 6.54 Å². The largest absolute Gasteiger partial charge is 0.480 e. The monoisotopic (exact) mass is 185 g/mol. The lowest BCUT2D eigenvalue weighted by Gasteiger charge is -2.02. The molecule has 13 heavy (non-hydrogen) atoms. The number of aliphatic carboxylic acids is 1. The maximum Gasteiger partial charge on any atom is 0.324 e. The smallest absolute Gasteiger partial charge is 0.324 e. The fourth-order valence-electron chi connectivity index (χ4n) is 1.42. The highest BCUT2D eigenvalue weighted by atomic mass is 16.4. The molecule has 0 aliphatic carbocycles. The van der Waals surface area contributed by atoms with E-state index in [2.05, 4.69) is 22.4 Å². The topological polar surface area (TPSA) is 64.9 Å². The van der Waals surface area contributed by atoms with Crippen molar-refractivity contribution < 1.29 is 9.90 Å². The molecule has 1 rings (SSSR count). The molecule has 0 aromatic carbocycles. The summed E-state index contributed by atoms with van der Waals surface area (Å²) in [6.07, 6.45) is 0. The first-order valence-electron chi connectivity index (χ1n) is 4.29. The Morgan fingerprint density at radius 1 is 1.85 bits per heavy atom. The molecule has 74 valence electrons. The lowest BCUT2D eigenvalue weighted by Crippen LogP contribution is -2.21. The lowest BCUT2D eigenvalue weighted by molar-refractivity contribution is -0.135. The first kappa shape index (κ1) is 9.98. The number of carbonyl (C=O) groups is 1. The Labute approximate surface area is 77.4 Å². The molecule has 1 aliphatic heterocycles. The van der Waals surface area contributed by atoms with Crippen molar-refractivity contribution in [3.63, 3.8) is 0 Å². The van der Waals surface area contributed by atoms with Crippen molar-refractivity contribution in [1.82, 2.24) is 10.3 Å². The molecule has 0 saturated carbocycles. The summed E-state index contributed by atoms with van der Waals surface area (Å²) in [4.78, 5) is 12.3. The third-order valence-electron chi connectivity index (χ3n) is 2.04. The first-order valence-corrected chi connectivity index (χ1v) is 4.29. The molecule has 1 unspecified atom stereocenters. The number of carboxylic acids is 1. The fraction of sp³-hybridized carbons (Fsp3) is 0.750. The first-order chi connectivity index (χ1) is 6.09. The average molecular weight is 185 g/mol. The molecule has 5 heteroatoms. The number of hydrogen-bond donors (Lipinski definition) is 2. The number of hydrazone groups is 1. The van der Waals surface area contributed by atoms with Crippen LogP contribution in [0.1, 0.15) is 6.92 Å². The molecule has 1 saturated heterocycles. The van der Waals surface area contributed by atoms with Gasteiger partial charge in [-0.1, -0.05) is 6.92 Å². The lowest BCUT2D eigenvalue weighted by atomic mass is 10.1. The van der Waals surface area contributed by atoms with Gasteiger partial charge in [0.25, 0.3) is 0 Å². The third kappa shape index (κ3) is 3.02. The second kappa shape index (κ2) is 4.23. The summed E-state index contributed by atoms with van der Waals surface area (Å²) < 4.78 is 0. The van der Waals surface area contributed by atoms with Crippen LogP contribution in [0.5, 0.6) is 0 Å². The van der Waals surface area contributed by atoms with Gasteiger partial charge in [-0.05, 0) is 7.05 Å². The van der Waals surface area contributed by atoms with E-state index in [1.165, 1.54) is 0 Å². The molecule has 2 N–H and O–H groups in total. The van der Waals surface area contributed by atoms with E-state index >= 15 is 0 Å². The van der Waals surface area contributed by atoms with Crippen LogP contribution in [0.25, 0.3) is 0 Å². The molecule has 5 nitrogen and oxygen atoms in total. The predicted molar refractivity (Wildman–Crippen MR) is 49.7 cm³/mol. The van der Waals surface area contributed by atoms with Crippen molar-refractivity contribution in [3.8, 4) is 0 Å². The van der Waals surface area contributed by atoms with E-state index in [0.717, 1.165) is 18.8 Å². The van der Waals surface area contributed by atoms with Crippen molar-refractivity contribution >= 4 is 11.7 Å². The van der Waals surface area contributed by atoms with Gasteiger partial charge in [-0.2, -0.15) is 5.10 Å². The summed E-state index contributed by atoms with van der Waals surface area (Å²) in [5, 5.41) is 12.4. The number of carboxylic acid groups (broad SMARTS) is 1. The molecule has 0 radical (unpaired) electrons. The van der Waals surface area contributed by atoms with E-state index in [9.17, 15) is 4.79 Å². The molecular weight excluding hydrogens is 170 g/mol. The molecule has 1 aliphatic rings. The van der Waals surface area contributed by atoms with Crippen molar-refractivity contribution in [2.24, 2.45) is 11.0 Å². The Balaban J connectivity index is 2.38. The van der Waals surface area contributed by atoms with Crippen molar-refractivity contribution in [3.05, 3.63) is 0 Å². The maximum atomic E-state index is 10.2. The molecule has 0 aromatic heterocycles. The van der Waals surface area contributed by atoms with Gasteiger partial charge in [0.15, 0.2) is 0 Å². The van der Waals surface area contributed by atoms with Gasteiger partial charge < -0.3 is 10.0 Å². The van der Waals surface area contributed by atoms with Crippen LogP contribution in [0.15, 0.2) is 5.10 Å². The SMILES string of the molecule is CC1CN(C)C/C1=N\NCC(=O)O. The minimum Gasteiger partial charge on any atom is -0.480 e. The number of likely N-dealkylation sites (tertiary alicyclic amines) is 1. The average Bonchev–Trinajstić information content (AvgIpc) is 2.29. The maximum absolute atomic E-state index is 10.2. The Morgan fingerprint density at radius 2 is 2.54 bits per heavy atom.